The van der Waals surface area contributed by atoms with Crippen LogP contribution in [0.4, 0.5) is 10.8 Å². The molecule has 1 aromatic carbocycles. The summed E-state index contributed by atoms with van der Waals surface area (Å²) in [6.45, 7) is 2.70. The number of nitrogens with one attached hydrogen (secondary N) is 1. The molecule has 23 heavy (non-hydrogen) atoms. The number of hydrogen-bond donors (Lipinski definition) is 1. The molecule has 4 rings (SSSR count). The maximum Gasteiger partial charge on any atom is 0.324 e. The standard InChI is InChI=1S/C15H17N5O3/c1-22-12-4-2-3-10(7-12)13-17-15(23-18-13)19-5-6-20-11(9-19)8-16-14(20)21/h2-4,7,11H,5-6,8-9H2,1H3,(H,16,21). The Kier molecular flexibility index (Phi) is 3.29. The number of nitrogens with zero attached hydrogens (tertiary/aromatic N) is 4. The Labute approximate surface area is 133 Å². The van der Waals surface area contributed by atoms with Crippen molar-refractivity contribution in [1.82, 2.24) is 20.4 Å². The van der Waals surface area contributed by atoms with Crippen LogP contribution in [0.25, 0.3) is 11.4 Å². The van der Waals surface area contributed by atoms with Crippen molar-refractivity contribution in [3.05, 3.63) is 24.3 Å². The Morgan fingerprint density at radius 3 is 3.17 bits per heavy atom. The molecule has 8 nitrogen and oxygen atoms in total. The minimum absolute atomic E-state index is 0.0113. The van der Waals surface area contributed by atoms with Gasteiger partial charge >= 0.3 is 12.0 Å². The van der Waals surface area contributed by atoms with Gasteiger partial charge in [-0.3, -0.25) is 0 Å². The van der Waals surface area contributed by atoms with Crippen LogP contribution in [-0.4, -0.2) is 60.4 Å². The van der Waals surface area contributed by atoms with E-state index in [-0.39, 0.29) is 12.1 Å². The fourth-order valence-corrected chi connectivity index (χ4v) is 3.00. The van der Waals surface area contributed by atoms with Crippen molar-refractivity contribution in [1.29, 1.82) is 0 Å². The van der Waals surface area contributed by atoms with E-state index in [1.807, 2.05) is 34.1 Å². The molecule has 1 unspecified atom stereocenters. The van der Waals surface area contributed by atoms with Crippen LogP contribution in [0, 0.1) is 0 Å². The molecule has 3 heterocycles. The normalized spacial score (nSPS) is 20.4. The number of ether oxygens (including phenoxy) is 1. The van der Waals surface area contributed by atoms with Crippen molar-refractivity contribution in [2.45, 2.75) is 6.04 Å². The Bertz CT molecular complexity index is 731. The molecule has 120 valence electrons. The first-order chi connectivity index (χ1) is 11.2. The summed E-state index contributed by atoms with van der Waals surface area (Å²) in [5, 5.41) is 6.92. The molecule has 0 saturated carbocycles. The molecule has 2 aliphatic rings. The van der Waals surface area contributed by atoms with Crippen LogP contribution in [0.5, 0.6) is 5.75 Å². The van der Waals surface area contributed by atoms with Crippen molar-refractivity contribution in [3.8, 4) is 17.1 Å². The van der Waals surface area contributed by atoms with Gasteiger partial charge in [-0.05, 0) is 12.1 Å². The first kappa shape index (κ1) is 13.9. The number of anilines is 1. The maximum absolute atomic E-state index is 11.6. The second-order valence-corrected chi connectivity index (χ2v) is 5.61. The predicted octanol–water partition coefficient (Wildman–Crippen LogP) is 0.959. The van der Waals surface area contributed by atoms with Gasteiger partial charge in [0.05, 0.1) is 13.2 Å². The van der Waals surface area contributed by atoms with E-state index in [0.717, 1.165) is 11.3 Å². The van der Waals surface area contributed by atoms with Gasteiger partial charge in [0.1, 0.15) is 5.75 Å². The van der Waals surface area contributed by atoms with Gasteiger partial charge in [-0.1, -0.05) is 17.3 Å². The van der Waals surface area contributed by atoms with Crippen LogP contribution in [0.1, 0.15) is 0 Å². The number of methoxy groups -OCH3 is 1. The van der Waals surface area contributed by atoms with Crippen LogP contribution >= 0.6 is 0 Å². The summed E-state index contributed by atoms with van der Waals surface area (Å²) in [6, 6.07) is 8.19. The van der Waals surface area contributed by atoms with Gasteiger partial charge in [0.25, 0.3) is 0 Å². The van der Waals surface area contributed by atoms with Crippen LogP contribution < -0.4 is 15.0 Å². The first-order valence-corrected chi connectivity index (χ1v) is 7.52. The SMILES string of the molecule is COc1cccc(-c2noc(N3CCN4C(=O)NCC4C3)n2)c1. The molecular formula is C15H17N5O3. The van der Waals surface area contributed by atoms with Gasteiger partial charge in [-0.2, -0.15) is 4.98 Å². The number of carbonyl (C=O) groups is 1. The van der Waals surface area contributed by atoms with Gasteiger partial charge < -0.3 is 24.4 Å². The number of aromatic nitrogens is 2. The largest absolute Gasteiger partial charge is 0.497 e. The molecule has 0 bridgehead atoms. The van der Waals surface area contributed by atoms with E-state index >= 15 is 0 Å². The number of amides is 2. The fourth-order valence-electron chi connectivity index (χ4n) is 3.00. The highest BCUT2D eigenvalue weighted by atomic mass is 16.5. The summed E-state index contributed by atoms with van der Waals surface area (Å²) >= 11 is 0. The Hall–Kier alpha value is -2.77. The Morgan fingerprint density at radius 1 is 1.39 bits per heavy atom. The van der Waals surface area contributed by atoms with Crippen LogP contribution in [0.15, 0.2) is 28.8 Å². The second-order valence-electron chi connectivity index (χ2n) is 5.61. The summed E-state index contributed by atoms with van der Waals surface area (Å²) in [6.07, 6.45) is 0. The summed E-state index contributed by atoms with van der Waals surface area (Å²) in [5.74, 6) is 1.28. The zero-order valence-corrected chi connectivity index (χ0v) is 12.7. The average Bonchev–Trinajstić information content (AvgIpc) is 3.22. The number of fused-ring (bicyclic) bond motifs is 1. The van der Waals surface area contributed by atoms with Crippen molar-refractivity contribution < 1.29 is 14.1 Å². The lowest BCUT2D eigenvalue weighted by molar-refractivity contribution is 0.196. The van der Waals surface area contributed by atoms with Crippen LogP contribution in [0.3, 0.4) is 0 Å². The van der Waals surface area contributed by atoms with E-state index in [2.05, 4.69) is 15.5 Å². The summed E-state index contributed by atoms with van der Waals surface area (Å²) in [4.78, 5) is 20.0. The lowest BCUT2D eigenvalue weighted by Crippen LogP contribution is -2.52. The van der Waals surface area contributed by atoms with E-state index in [4.69, 9.17) is 9.26 Å². The molecule has 2 saturated heterocycles. The van der Waals surface area contributed by atoms with Gasteiger partial charge in [0, 0.05) is 31.7 Å². The molecule has 2 aromatic rings. The van der Waals surface area contributed by atoms with Gasteiger partial charge in [0.15, 0.2) is 0 Å². The number of benzene rings is 1. The molecule has 0 radical (unpaired) electrons. The third-order valence-corrected chi connectivity index (χ3v) is 4.25. The van der Waals surface area contributed by atoms with Crippen molar-refractivity contribution >= 4 is 12.0 Å². The van der Waals surface area contributed by atoms with E-state index in [0.29, 0.717) is 38.0 Å². The minimum Gasteiger partial charge on any atom is -0.497 e. The predicted molar refractivity (Wildman–Crippen MR) is 82.4 cm³/mol. The monoisotopic (exact) mass is 315 g/mol. The molecule has 2 amide bonds. The number of piperazine rings is 1. The van der Waals surface area contributed by atoms with E-state index < -0.39 is 0 Å². The zero-order valence-electron chi connectivity index (χ0n) is 12.7. The van der Waals surface area contributed by atoms with E-state index in [1.54, 1.807) is 7.11 Å². The molecule has 0 spiro atoms. The van der Waals surface area contributed by atoms with Crippen LogP contribution in [0.2, 0.25) is 0 Å². The summed E-state index contributed by atoms with van der Waals surface area (Å²) in [5.41, 5.74) is 0.843. The number of hydrogen-bond acceptors (Lipinski definition) is 6. The van der Waals surface area contributed by atoms with Crippen LogP contribution in [-0.2, 0) is 0 Å². The zero-order chi connectivity index (χ0) is 15.8. The number of carbonyl (C=O) groups excluding carboxylic acids is 1. The topological polar surface area (TPSA) is 83.7 Å². The number of urea groups is 1. The summed E-state index contributed by atoms with van der Waals surface area (Å²) < 4.78 is 10.6. The molecular weight excluding hydrogens is 298 g/mol. The first-order valence-electron chi connectivity index (χ1n) is 7.52. The highest BCUT2D eigenvalue weighted by molar-refractivity contribution is 5.77. The molecule has 2 aliphatic heterocycles. The van der Waals surface area contributed by atoms with Gasteiger partial charge in [0.2, 0.25) is 5.82 Å². The molecule has 8 heteroatoms. The maximum atomic E-state index is 11.6. The second kappa shape index (κ2) is 5.45. The molecule has 1 aromatic heterocycles. The van der Waals surface area contributed by atoms with Crippen molar-refractivity contribution in [3.63, 3.8) is 0 Å². The van der Waals surface area contributed by atoms with Gasteiger partial charge in [-0.25, -0.2) is 4.79 Å². The molecule has 0 aliphatic carbocycles. The fraction of sp³-hybridized carbons (Fsp3) is 0.400. The lowest BCUT2D eigenvalue weighted by Gasteiger charge is -2.35. The van der Waals surface area contributed by atoms with Gasteiger partial charge in [-0.15, -0.1) is 0 Å². The Balaban J connectivity index is 1.53. The third-order valence-electron chi connectivity index (χ3n) is 4.25. The summed E-state index contributed by atoms with van der Waals surface area (Å²) in [7, 11) is 1.62. The minimum atomic E-state index is 0.0113. The van der Waals surface area contributed by atoms with Crippen molar-refractivity contribution in [2.24, 2.45) is 0 Å². The highest BCUT2D eigenvalue weighted by Crippen LogP contribution is 2.25. The molecule has 2 fully saturated rings. The molecule has 1 N–H and O–H groups in total. The highest BCUT2D eigenvalue weighted by Gasteiger charge is 2.36. The third kappa shape index (κ3) is 2.45. The Morgan fingerprint density at radius 2 is 2.30 bits per heavy atom. The van der Waals surface area contributed by atoms with Crippen molar-refractivity contribution in [2.75, 3.05) is 38.2 Å². The lowest BCUT2D eigenvalue weighted by atomic mass is 10.2. The quantitative estimate of drug-likeness (QED) is 0.908. The average molecular weight is 315 g/mol. The molecule has 1 atom stereocenters. The number of rotatable bonds is 3. The smallest absolute Gasteiger partial charge is 0.324 e. The van der Waals surface area contributed by atoms with E-state index in [1.165, 1.54) is 0 Å². The van der Waals surface area contributed by atoms with E-state index in [9.17, 15) is 4.79 Å².